The molecule has 0 aromatic heterocycles. The van der Waals surface area contributed by atoms with Gasteiger partial charge in [-0.1, -0.05) is 0 Å². The monoisotopic (exact) mass is 338 g/mol. The lowest BCUT2D eigenvalue weighted by atomic mass is 10.0. The highest BCUT2D eigenvalue weighted by atomic mass is 79.9. The van der Waals surface area contributed by atoms with Gasteiger partial charge in [0, 0.05) is 22.8 Å². The minimum atomic E-state index is -0.370. The fraction of sp³-hybridized carbons (Fsp3) is 0.267. The topological polar surface area (TPSA) is 44.8 Å². The molecule has 0 bridgehead atoms. The summed E-state index contributed by atoms with van der Waals surface area (Å²) in [5.41, 5.74) is 0.962. The number of fused-ring (bicyclic) bond motifs is 1. The first-order valence-corrected chi connectivity index (χ1v) is 6.80. The number of rotatable bonds is 3. The van der Waals surface area contributed by atoms with Crippen molar-refractivity contribution in [3.05, 3.63) is 28.2 Å². The van der Waals surface area contributed by atoms with Gasteiger partial charge in [0.2, 0.25) is 0 Å². The molecule has 20 heavy (non-hydrogen) atoms. The van der Waals surface area contributed by atoms with Gasteiger partial charge in [-0.05, 0) is 40.5 Å². The van der Waals surface area contributed by atoms with Crippen LogP contribution in [0.15, 0.2) is 22.7 Å². The Labute approximate surface area is 125 Å². The number of aryl methyl sites for hydroxylation is 1. The molecule has 2 aromatic carbocycles. The van der Waals surface area contributed by atoms with Crippen LogP contribution in [0.25, 0.3) is 10.8 Å². The first-order chi connectivity index (χ1) is 9.47. The number of ether oxygens (including phenoxy) is 3. The maximum Gasteiger partial charge on any atom is 0.308 e. The molecule has 0 atom stereocenters. The third kappa shape index (κ3) is 2.58. The maximum atomic E-state index is 11.3. The summed E-state index contributed by atoms with van der Waals surface area (Å²) in [6.45, 7) is 3.31. The number of methoxy groups -OCH3 is 2. The second-order valence-corrected chi connectivity index (χ2v) is 5.14. The van der Waals surface area contributed by atoms with Crippen LogP contribution < -0.4 is 14.2 Å². The van der Waals surface area contributed by atoms with Crippen LogP contribution in [0, 0.1) is 6.92 Å². The molecule has 0 N–H and O–H groups in total. The van der Waals surface area contributed by atoms with Crippen molar-refractivity contribution >= 4 is 32.7 Å². The average molecular weight is 339 g/mol. The van der Waals surface area contributed by atoms with E-state index < -0.39 is 0 Å². The molecule has 0 radical (unpaired) electrons. The van der Waals surface area contributed by atoms with Gasteiger partial charge in [0.25, 0.3) is 0 Å². The molecule has 0 amide bonds. The Bertz CT molecular complexity index is 679. The van der Waals surface area contributed by atoms with Crippen molar-refractivity contribution < 1.29 is 19.0 Å². The second kappa shape index (κ2) is 5.71. The van der Waals surface area contributed by atoms with Gasteiger partial charge in [0.05, 0.1) is 19.6 Å². The highest BCUT2D eigenvalue weighted by Gasteiger charge is 2.16. The number of hydrogen-bond acceptors (Lipinski definition) is 4. The maximum absolute atomic E-state index is 11.3. The van der Waals surface area contributed by atoms with Gasteiger partial charge in [0.15, 0.2) is 0 Å². The molecule has 0 aliphatic rings. The van der Waals surface area contributed by atoms with Gasteiger partial charge in [-0.3, -0.25) is 4.79 Å². The molecule has 0 fully saturated rings. The number of carbonyl (C=O) groups is 1. The second-order valence-electron chi connectivity index (χ2n) is 4.35. The molecule has 5 heteroatoms. The summed E-state index contributed by atoms with van der Waals surface area (Å²) in [6, 6.07) is 5.45. The van der Waals surface area contributed by atoms with E-state index in [1.807, 2.05) is 19.1 Å². The average Bonchev–Trinajstić information content (AvgIpc) is 2.42. The predicted molar refractivity (Wildman–Crippen MR) is 80.8 cm³/mol. The van der Waals surface area contributed by atoms with E-state index in [-0.39, 0.29) is 5.97 Å². The molecule has 0 saturated heterocycles. The molecule has 0 aliphatic heterocycles. The normalized spacial score (nSPS) is 10.4. The van der Waals surface area contributed by atoms with E-state index in [1.54, 1.807) is 20.3 Å². The molecule has 2 rings (SSSR count). The van der Waals surface area contributed by atoms with Crippen LogP contribution in [0.3, 0.4) is 0 Å². The Kier molecular flexibility index (Phi) is 4.18. The molecule has 2 aromatic rings. The van der Waals surface area contributed by atoms with Gasteiger partial charge in [0.1, 0.15) is 17.2 Å². The predicted octanol–water partition coefficient (Wildman–Crippen LogP) is 3.85. The van der Waals surface area contributed by atoms with Crippen molar-refractivity contribution in [1.82, 2.24) is 0 Å². The van der Waals surface area contributed by atoms with Crippen LogP contribution in [-0.2, 0) is 4.79 Å². The van der Waals surface area contributed by atoms with Crippen LogP contribution in [-0.4, -0.2) is 20.2 Å². The summed E-state index contributed by atoms with van der Waals surface area (Å²) in [6.07, 6.45) is 0. The highest BCUT2D eigenvalue weighted by molar-refractivity contribution is 9.10. The summed E-state index contributed by atoms with van der Waals surface area (Å²) in [7, 11) is 3.16. The Morgan fingerprint density at radius 1 is 1.10 bits per heavy atom. The smallest absolute Gasteiger partial charge is 0.308 e. The van der Waals surface area contributed by atoms with Crippen LogP contribution in [0.1, 0.15) is 12.5 Å². The molecular formula is C15H15BrO4. The lowest BCUT2D eigenvalue weighted by molar-refractivity contribution is -0.131. The Balaban J connectivity index is 2.87. The van der Waals surface area contributed by atoms with E-state index in [0.717, 1.165) is 20.8 Å². The third-order valence-corrected chi connectivity index (χ3v) is 4.01. The highest BCUT2D eigenvalue weighted by Crippen LogP contribution is 2.42. The lowest BCUT2D eigenvalue weighted by Gasteiger charge is -2.15. The summed E-state index contributed by atoms with van der Waals surface area (Å²) in [5, 5.41) is 1.61. The van der Waals surface area contributed by atoms with Crippen molar-refractivity contribution in [2.75, 3.05) is 14.2 Å². The zero-order valence-electron chi connectivity index (χ0n) is 11.7. The minimum absolute atomic E-state index is 0.370. The molecule has 0 unspecified atom stereocenters. The number of halogens is 1. The first kappa shape index (κ1) is 14.7. The molecule has 0 spiro atoms. The van der Waals surface area contributed by atoms with E-state index >= 15 is 0 Å². The molecule has 0 heterocycles. The van der Waals surface area contributed by atoms with Gasteiger partial charge >= 0.3 is 5.97 Å². The van der Waals surface area contributed by atoms with Gasteiger partial charge in [-0.2, -0.15) is 0 Å². The molecule has 0 saturated carbocycles. The molecule has 4 nitrogen and oxygen atoms in total. The van der Waals surface area contributed by atoms with Crippen molar-refractivity contribution in [2.45, 2.75) is 13.8 Å². The first-order valence-electron chi connectivity index (χ1n) is 6.01. The van der Waals surface area contributed by atoms with Crippen molar-refractivity contribution in [3.8, 4) is 17.2 Å². The Hall–Kier alpha value is -1.75. The van der Waals surface area contributed by atoms with E-state index in [0.29, 0.717) is 17.2 Å². The van der Waals surface area contributed by atoms with E-state index in [9.17, 15) is 4.79 Å². The van der Waals surface area contributed by atoms with Crippen molar-refractivity contribution in [2.24, 2.45) is 0 Å². The quantitative estimate of drug-likeness (QED) is 0.629. The van der Waals surface area contributed by atoms with Crippen LogP contribution >= 0.6 is 15.9 Å². The van der Waals surface area contributed by atoms with Crippen LogP contribution in [0.2, 0.25) is 0 Å². The Morgan fingerprint density at radius 3 is 2.35 bits per heavy atom. The lowest BCUT2D eigenvalue weighted by Crippen LogP contribution is -2.03. The zero-order chi connectivity index (χ0) is 14.9. The molecule has 106 valence electrons. The fourth-order valence-corrected chi connectivity index (χ4v) is 2.50. The van der Waals surface area contributed by atoms with Gasteiger partial charge in [-0.25, -0.2) is 0 Å². The zero-order valence-corrected chi connectivity index (χ0v) is 13.3. The summed E-state index contributed by atoms with van der Waals surface area (Å²) >= 11 is 3.56. The largest absolute Gasteiger partial charge is 0.497 e. The minimum Gasteiger partial charge on any atom is -0.497 e. The van der Waals surface area contributed by atoms with Crippen molar-refractivity contribution in [3.63, 3.8) is 0 Å². The standard InChI is InChI=1S/C15H15BrO4/c1-8-5-13(20-9(2)17)14-11(15(8)16)6-10(18-3)7-12(14)19-4/h5-7H,1-4H3. The molecular weight excluding hydrogens is 324 g/mol. The summed E-state index contributed by atoms with van der Waals surface area (Å²) in [4.78, 5) is 11.3. The Morgan fingerprint density at radius 2 is 1.80 bits per heavy atom. The number of esters is 1. The van der Waals surface area contributed by atoms with Crippen LogP contribution in [0.4, 0.5) is 0 Å². The van der Waals surface area contributed by atoms with Crippen molar-refractivity contribution in [1.29, 1.82) is 0 Å². The summed E-state index contributed by atoms with van der Waals surface area (Å²) < 4.78 is 16.9. The van der Waals surface area contributed by atoms with Gasteiger partial charge < -0.3 is 14.2 Å². The number of hydrogen-bond donors (Lipinski definition) is 0. The SMILES string of the molecule is COc1cc(OC)c2c(OC(C)=O)cc(C)c(Br)c2c1. The number of benzene rings is 2. The third-order valence-electron chi connectivity index (χ3n) is 2.96. The van der Waals surface area contributed by atoms with E-state index in [2.05, 4.69) is 15.9 Å². The molecule has 0 aliphatic carbocycles. The fourth-order valence-electron chi connectivity index (χ4n) is 2.08. The van der Waals surface area contributed by atoms with Crippen LogP contribution in [0.5, 0.6) is 17.2 Å². The number of carbonyl (C=O) groups excluding carboxylic acids is 1. The van der Waals surface area contributed by atoms with E-state index in [4.69, 9.17) is 14.2 Å². The van der Waals surface area contributed by atoms with Gasteiger partial charge in [-0.15, -0.1) is 0 Å². The summed E-state index contributed by atoms with van der Waals surface area (Å²) in [5.74, 6) is 1.38. The van der Waals surface area contributed by atoms with E-state index in [1.165, 1.54) is 6.92 Å².